The van der Waals surface area contributed by atoms with Crippen LogP contribution in [0, 0.1) is 0 Å². The molecule has 0 saturated carbocycles. The predicted octanol–water partition coefficient (Wildman–Crippen LogP) is 3.76. The molecule has 0 spiro atoms. The van der Waals surface area contributed by atoms with Crippen LogP contribution < -0.4 is 5.32 Å². The summed E-state index contributed by atoms with van der Waals surface area (Å²) >= 11 is 0. The lowest BCUT2D eigenvalue weighted by molar-refractivity contribution is -0.145. The van der Waals surface area contributed by atoms with Gasteiger partial charge in [-0.15, -0.1) is 0 Å². The molecular formula is C16H33NO5Si. The molecule has 0 rings (SSSR count). The number of carbonyl (C=O) groups is 2. The highest BCUT2D eigenvalue weighted by Gasteiger charge is 2.47. The number of alkyl carbamates (subject to hydrolysis) is 1. The number of carboxylic acids is 1. The number of amides is 1. The first-order valence-corrected chi connectivity index (χ1v) is 10.7. The van der Waals surface area contributed by atoms with Crippen molar-refractivity contribution >= 4 is 20.4 Å². The van der Waals surface area contributed by atoms with Crippen LogP contribution in [0.4, 0.5) is 4.79 Å². The van der Waals surface area contributed by atoms with Crippen LogP contribution in [0.2, 0.25) is 18.1 Å². The normalized spacial score (nSPS) is 15.0. The molecule has 23 heavy (non-hydrogen) atoms. The molecular weight excluding hydrogens is 314 g/mol. The molecule has 0 aliphatic heterocycles. The van der Waals surface area contributed by atoms with Crippen molar-refractivity contribution in [1.29, 1.82) is 0 Å². The molecule has 1 unspecified atom stereocenters. The quantitative estimate of drug-likeness (QED) is 0.740. The van der Waals surface area contributed by atoms with E-state index < -0.39 is 37.6 Å². The summed E-state index contributed by atoms with van der Waals surface area (Å²) in [5, 5.41) is 11.9. The molecule has 0 aliphatic rings. The Bertz CT molecular complexity index is 446. The van der Waals surface area contributed by atoms with Crippen LogP contribution in [-0.4, -0.2) is 42.7 Å². The Kier molecular flexibility index (Phi) is 6.49. The molecule has 1 atom stereocenters. The molecule has 0 saturated heterocycles. The average molecular weight is 348 g/mol. The monoisotopic (exact) mass is 347 g/mol. The van der Waals surface area contributed by atoms with Gasteiger partial charge < -0.3 is 19.6 Å². The Morgan fingerprint density at radius 2 is 1.43 bits per heavy atom. The van der Waals surface area contributed by atoms with E-state index >= 15 is 0 Å². The lowest BCUT2D eigenvalue weighted by atomic mass is 9.99. The van der Waals surface area contributed by atoms with Gasteiger partial charge in [0.05, 0.1) is 5.60 Å². The fourth-order valence-electron chi connectivity index (χ4n) is 1.83. The molecule has 0 radical (unpaired) electrons. The van der Waals surface area contributed by atoms with Gasteiger partial charge in [-0.3, -0.25) is 0 Å². The Hall–Kier alpha value is -1.08. The van der Waals surface area contributed by atoms with Gasteiger partial charge in [-0.1, -0.05) is 20.8 Å². The van der Waals surface area contributed by atoms with E-state index in [4.69, 9.17) is 9.16 Å². The summed E-state index contributed by atoms with van der Waals surface area (Å²) in [5.41, 5.74) is -1.76. The van der Waals surface area contributed by atoms with E-state index in [-0.39, 0.29) is 5.04 Å². The number of hydrogen-bond donors (Lipinski definition) is 2. The third-order valence-electron chi connectivity index (χ3n) is 3.93. The highest BCUT2D eigenvalue weighted by atomic mass is 28.4. The second-order valence-corrected chi connectivity index (χ2v) is 13.6. The van der Waals surface area contributed by atoms with E-state index in [1.165, 1.54) is 0 Å². The van der Waals surface area contributed by atoms with Crippen molar-refractivity contribution < 1.29 is 23.9 Å². The molecule has 7 heteroatoms. The third-order valence-corrected chi connectivity index (χ3v) is 8.58. The Labute approximate surface area is 141 Å². The smallest absolute Gasteiger partial charge is 0.408 e. The van der Waals surface area contributed by atoms with Gasteiger partial charge >= 0.3 is 12.1 Å². The van der Waals surface area contributed by atoms with Gasteiger partial charge in [0.25, 0.3) is 0 Å². The fourth-order valence-corrected chi connectivity index (χ4v) is 3.57. The van der Waals surface area contributed by atoms with Crippen LogP contribution in [0.15, 0.2) is 0 Å². The maximum Gasteiger partial charge on any atom is 0.408 e. The Morgan fingerprint density at radius 1 is 1.00 bits per heavy atom. The first-order chi connectivity index (χ1) is 9.89. The van der Waals surface area contributed by atoms with E-state index in [0.717, 1.165) is 0 Å². The van der Waals surface area contributed by atoms with Crippen LogP contribution in [0.1, 0.15) is 55.4 Å². The molecule has 6 nitrogen and oxygen atoms in total. The number of carbonyl (C=O) groups excluding carboxylic acids is 1. The lowest BCUT2D eigenvalue weighted by Crippen LogP contribution is -2.60. The summed E-state index contributed by atoms with van der Waals surface area (Å²) in [4.78, 5) is 23.6. The standard InChI is InChI=1S/C16H33NO5Si/c1-14(2,3)21-13(20)17-11(12(18)19)16(7,8)22-23(9,10)15(4,5)6/h11H,1-10H3,(H,17,20)(H,18,19). The minimum atomic E-state index is -2.20. The van der Waals surface area contributed by atoms with Crippen LogP contribution >= 0.6 is 0 Å². The highest BCUT2D eigenvalue weighted by Crippen LogP contribution is 2.39. The molecule has 0 heterocycles. The van der Waals surface area contributed by atoms with Crippen LogP contribution in [0.25, 0.3) is 0 Å². The summed E-state index contributed by atoms with van der Waals surface area (Å²) in [6.07, 6.45) is -0.767. The number of ether oxygens (including phenoxy) is 1. The van der Waals surface area contributed by atoms with Gasteiger partial charge in [0.15, 0.2) is 14.4 Å². The molecule has 0 aromatic carbocycles. The average Bonchev–Trinajstić information content (AvgIpc) is 2.19. The number of hydrogen-bond acceptors (Lipinski definition) is 4. The zero-order valence-electron chi connectivity index (χ0n) is 16.2. The minimum Gasteiger partial charge on any atom is -0.480 e. The number of carboxylic acid groups (broad SMARTS) is 1. The highest BCUT2D eigenvalue weighted by molar-refractivity contribution is 6.74. The zero-order chi connectivity index (χ0) is 18.9. The molecule has 0 aromatic rings. The lowest BCUT2D eigenvalue weighted by Gasteiger charge is -2.44. The van der Waals surface area contributed by atoms with Gasteiger partial charge in [0.1, 0.15) is 5.60 Å². The van der Waals surface area contributed by atoms with Crippen LogP contribution in [0.3, 0.4) is 0 Å². The van der Waals surface area contributed by atoms with Crippen molar-refractivity contribution in [2.24, 2.45) is 0 Å². The third kappa shape index (κ3) is 6.91. The maximum atomic E-state index is 11.9. The molecule has 136 valence electrons. The maximum absolute atomic E-state index is 11.9. The largest absolute Gasteiger partial charge is 0.480 e. The van der Waals surface area contributed by atoms with Gasteiger partial charge in [0.2, 0.25) is 0 Å². The first kappa shape index (κ1) is 21.9. The fraction of sp³-hybridized carbons (Fsp3) is 0.875. The van der Waals surface area contributed by atoms with Crippen molar-refractivity contribution in [1.82, 2.24) is 5.32 Å². The Morgan fingerprint density at radius 3 is 1.74 bits per heavy atom. The van der Waals surface area contributed by atoms with Crippen molar-refractivity contribution in [3.05, 3.63) is 0 Å². The number of rotatable bonds is 5. The van der Waals surface area contributed by atoms with Crippen LogP contribution in [-0.2, 0) is 14.0 Å². The molecule has 0 bridgehead atoms. The zero-order valence-corrected chi connectivity index (χ0v) is 17.2. The van der Waals surface area contributed by atoms with Gasteiger partial charge in [-0.25, -0.2) is 9.59 Å². The molecule has 2 N–H and O–H groups in total. The summed E-state index contributed by atoms with van der Waals surface area (Å²) in [7, 11) is -2.20. The van der Waals surface area contributed by atoms with Crippen LogP contribution in [0.5, 0.6) is 0 Å². The minimum absolute atomic E-state index is 0.0702. The summed E-state index contributed by atoms with van der Waals surface area (Å²) in [6.45, 7) is 18.8. The summed E-state index contributed by atoms with van der Waals surface area (Å²) in [5.74, 6) is -1.15. The first-order valence-electron chi connectivity index (χ1n) is 7.81. The van der Waals surface area contributed by atoms with E-state index in [2.05, 4.69) is 26.1 Å². The molecule has 0 aromatic heterocycles. The summed E-state index contributed by atoms with van der Waals surface area (Å²) < 4.78 is 11.4. The number of aliphatic carboxylic acids is 1. The predicted molar refractivity (Wildman–Crippen MR) is 93.2 cm³/mol. The second-order valence-electron chi connectivity index (χ2n) is 8.88. The van der Waals surface area contributed by atoms with Crippen molar-refractivity contribution in [2.75, 3.05) is 0 Å². The van der Waals surface area contributed by atoms with E-state index in [0.29, 0.717) is 0 Å². The molecule has 0 fully saturated rings. The van der Waals surface area contributed by atoms with Crippen molar-refractivity contribution in [3.63, 3.8) is 0 Å². The van der Waals surface area contributed by atoms with E-state index in [1.807, 2.05) is 13.1 Å². The number of nitrogens with one attached hydrogen (secondary N) is 1. The SMILES string of the molecule is CC(C)(C)OC(=O)NC(C(=O)O)C(C)(C)O[Si](C)(C)C(C)(C)C. The van der Waals surface area contributed by atoms with Crippen molar-refractivity contribution in [2.45, 2.75) is 90.8 Å². The molecule has 1 amide bonds. The van der Waals surface area contributed by atoms with E-state index in [1.54, 1.807) is 34.6 Å². The molecule has 0 aliphatic carbocycles. The van der Waals surface area contributed by atoms with Gasteiger partial charge in [-0.05, 0) is 52.8 Å². The Balaban J connectivity index is 5.29. The van der Waals surface area contributed by atoms with Crippen molar-refractivity contribution in [3.8, 4) is 0 Å². The van der Waals surface area contributed by atoms with Gasteiger partial charge in [-0.2, -0.15) is 0 Å². The van der Waals surface area contributed by atoms with E-state index in [9.17, 15) is 14.7 Å². The van der Waals surface area contributed by atoms with Gasteiger partial charge in [0, 0.05) is 0 Å². The second kappa shape index (κ2) is 6.81. The summed E-state index contributed by atoms with van der Waals surface area (Å²) in [6, 6.07) is -1.20. The topological polar surface area (TPSA) is 84.9 Å².